The van der Waals surface area contributed by atoms with Gasteiger partial charge in [-0.3, -0.25) is 0 Å². The first-order valence-corrected chi connectivity index (χ1v) is 13.6. The highest BCUT2D eigenvalue weighted by Gasteiger charge is 2.49. The minimum atomic E-state index is -1.02. The second kappa shape index (κ2) is 16.3. The number of rotatable bonds is 18. The lowest BCUT2D eigenvalue weighted by atomic mass is 9.80. The molecule has 3 aromatic carbocycles. The molecule has 1 aliphatic rings. The van der Waals surface area contributed by atoms with Crippen molar-refractivity contribution in [2.24, 2.45) is 0 Å². The van der Waals surface area contributed by atoms with Gasteiger partial charge in [0, 0.05) is 14.2 Å². The zero-order valence-electron chi connectivity index (χ0n) is 23.5. The molecule has 3 atom stereocenters. The third-order valence-electron chi connectivity index (χ3n) is 6.71. The molecule has 0 spiro atoms. The number of esters is 1. The van der Waals surface area contributed by atoms with Crippen molar-refractivity contribution in [1.29, 1.82) is 0 Å². The second-order valence-corrected chi connectivity index (χ2v) is 9.32. The van der Waals surface area contributed by atoms with E-state index in [9.17, 15) is 4.79 Å². The summed E-state index contributed by atoms with van der Waals surface area (Å²) in [6, 6.07) is 29.9. The van der Waals surface area contributed by atoms with Crippen molar-refractivity contribution in [3.8, 4) is 0 Å². The molecule has 0 amide bonds. The molecule has 0 unspecified atom stereocenters. The van der Waals surface area contributed by atoms with Gasteiger partial charge in [-0.1, -0.05) is 91.0 Å². The molecule has 0 bridgehead atoms. The van der Waals surface area contributed by atoms with Gasteiger partial charge in [0.05, 0.1) is 33.0 Å². The van der Waals surface area contributed by atoms with Crippen molar-refractivity contribution < 1.29 is 42.7 Å². The van der Waals surface area contributed by atoms with E-state index in [-0.39, 0.29) is 20.2 Å². The summed E-state index contributed by atoms with van der Waals surface area (Å²) < 4.78 is 45.4. The molecule has 0 saturated carbocycles. The Balaban J connectivity index is 1.60. The summed E-state index contributed by atoms with van der Waals surface area (Å²) in [5.41, 5.74) is 1.81. The molecule has 4 rings (SSSR count). The average Bonchev–Trinajstić information content (AvgIpc) is 3.32. The highest BCUT2D eigenvalue weighted by Crippen LogP contribution is 2.41. The first-order valence-electron chi connectivity index (χ1n) is 13.6. The Kier molecular flexibility index (Phi) is 12.3. The van der Waals surface area contributed by atoms with Crippen molar-refractivity contribution in [2.45, 2.75) is 23.9 Å². The lowest BCUT2D eigenvalue weighted by Gasteiger charge is -2.37. The third-order valence-corrected chi connectivity index (χ3v) is 6.71. The van der Waals surface area contributed by atoms with Gasteiger partial charge >= 0.3 is 5.97 Å². The minimum absolute atomic E-state index is 0.0253. The van der Waals surface area contributed by atoms with Crippen LogP contribution in [0.25, 0.3) is 0 Å². The zero-order valence-corrected chi connectivity index (χ0v) is 23.5. The average molecular weight is 567 g/mol. The van der Waals surface area contributed by atoms with Crippen LogP contribution in [0.5, 0.6) is 0 Å². The van der Waals surface area contributed by atoms with Crippen LogP contribution in [0.15, 0.2) is 91.0 Å². The molecule has 9 nitrogen and oxygen atoms in total. The van der Waals surface area contributed by atoms with Crippen LogP contribution in [0, 0.1) is 0 Å². The van der Waals surface area contributed by atoms with Gasteiger partial charge in [0.15, 0.2) is 12.2 Å². The fraction of sp³-hybridized carbons (Fsp3) is 0.406. The molecule has 0 aliphatic carbocycles. The number of hydrogen-bond donors (Lipinski definition) is 0. The summed E-state index contributed by atoms with van der Waals surface area (Å²) in [4.78, 5) is 13.0. The molecule has 1 fully saturated rings. The van der Waals surface area contributed by atoms with Crippen molar-refractivity contribution in [3.63, 3.8) is 0 Å². The van der Waals surface area contributed by atoms with Crippen molar-refractivity contribution in [3.05, 3.63) is 108 Å². The first-order chi connectivity index (χ1) is 20.2. The normalized spacial score (nSPS) is 18.9. The van der Waals surface area contributed by atoms with Gasteiger partial charge in [-0.15, -0.1) is 0 Å². The van der Waals surface area contributed by atoms with E-state index in [1.165, 1.54) is 0 Å². The summed E-state index contributed by atoms with van der Waals surface area (Å²) in [6.45, 7) is 1.31. The zero-order chi connectivity index (χ0) is 28.8. The molecule has 3 aromatic rings. The predicted octanol–water partition coefficient (Wildman–Crippen LogP) is 3.93. The van der Waals surface area contributed by atoms with Crippen molar-refractivity contribution in [1.82, 2.24) is 0 Å². The molecule has 1 aliphatic heterocycles. The van der Waals surface area contributed by atoms with E-state index < -0.39 is 29.9 Å². The summed E-state index contributed by atoms with van der Waals surface area (Å²) in [5, 5.41) is 0. The Morgan fingerprint density at radius 1 is 0.659 bits per heavy atom. The van der Waals surface area contributed by atoms with Gasteiger partial charge in [0.25, 0.3) is 0 Å². The van der Waals surface area contributed by atoms with E-state index in [1.54, 1.807) is 14.2 Å². The number of cyclic esters (lactones) is 1. The maximum atomic E-state index is 13.0. The Morgan fingerprint density at radius 3 is 1.59 bits per heavy atom. The van der Waals surface area contributed by atoms with Gasteiger partial charge in [-0.05, 0) is 16.7 Å². The Bertz CT molecular complexity index is 1050. The summed E-state index contributed by atoms with van der Waals surface area (Å²) in [7, 11) is 3.17. The second-order valence-electron chi connectivity index (χ2n) is 9.32. The van der Waals surface area contributed by atoms with Gasteiger partial charge in [-0.2, -0.15) is 0 Å². The Hall–Kier alpha value is -3.15. The van der Waals surface area contributed by atoms with Crippen LogP contribution in [0.1, 0.15) is 16.7 Å². The highest BCUT2D eigenvalue weighted by atomic mass is 16.7. The van der Waals surface area contributed by atoms with Crippen LogP contribution in [0.3, 0.4) is 0 Å². The van der Waals surface area contributed by atoms with Gasteiger partial charge < -0.3 is 37.9 Å². The Labute approximate surface area is 241 Å². The molecule has 220 valence electrons. The van der Waals surface area contributed by atoms with Gasteiger partial charge in [0.1, 0.15) is 25.3 Å². The quantitative estimate of drug-likeness (QED) is 0.0983. The van der Waals surface area contributed by atoms with Crippen LogP contribution >= 0.6 is 0 Å². The molecule has 0 radical (unpaired) electrons. The molecular formula is C32H38O9. The fourth-order valence-corrected chi connectivity index (χ4v) is 4.73. The number of methoxy groups -OCH3 is 2. The van der Waals surface area contributed by atoms with Gasteiger partial charge in [-0.25, -0.2) is 4.79 Å². The van der Waals surface area contributed by atoms with Crippen LogP contribution in [0.4, 0.5) is 0 Å². The topological polar surface area (TPSA) is 90.9 Å². The van der Waals surface area contributed by atoms with Crippen LogP contribution in [0.2, 0.25) is 0 Å². The van der Waals surface area contributed by atoms with Crippen LogP contribution < -0.4 is 0 Å². The molecule has 1 saturated heterocycles. The number of hydrogen-bond acceptors (Lipinski definition) is 9. The van der Waals surface area contributed by atoms with Crippen molar-refractivity contribution >= 4 is 5.97 Å². The number of ether oxygens (including phenoxy) is 8. The standard InChI is InChI=1S/C32H38O9/c1-34-18-20-36-23-38-29-28(41-31(33)30(29)39-24-37-21-19-35-2)22-40-32(25-12-6-3-7-13-25,26-14-8-4-9-15-26)27-16-10-5-11-17-27/h3-17,28-30H,18-24H2,1-2H3/t28-,29+,30-/m0/s1. The van der Waals surface area contributed by atoms with E-state index in [0.29, 0.717) is 26.4 Å². The maximum Gasteiger partial charge on any atom is 0.338 e. The van der Waals surface area contributed by atoms with Crippen LogP contribution in [-0.4, -0.2) is 85.1 Å². The highest BCUT2D eigenvalue weighted by molar-refractivity contribution is 5.78. The lowest BCUT2D eigenvalue weighted by Crippen LogP contribution is -2.42. The van der Waals surface area contributed by atoms with E-state index in [4.69, 9.17) is 37.9 Å². The molecule has 0 aromatic heterocycles. The number of carbonyl (C=O) groups is 1. The SMILES string of the molecule is COCCOCO[C@@H]1[C@H](COC(c2ccccc2)(c2ccccc2)c2ccccc2)OC(=O)[C@H]1OCOCCOC. The molecule has 9 heteroatoms. The number of benzene rings is 3. The molecular weight excluding hydrogens is 528 g/mol. The number of carbonyl (C=O) groups excluding carboxylic acids is 1. The van der Waals surface area contributed by atoms with Gasteiger partial charge in [0.2, 0.25) is 0 Å². The molecule has 41 heavy (non-hydrogen) atoms. The van der Waals surface area contributed by atoms with E-state index in [2.05, 4.69) is 0 Å². The largest absolute Gasteiger partial charge is 0.455 e. The minimum Gasteiger partial charge on any atom is -0.455 e. The Morgan fingerprint density at radius 2 is 1.12 bits per heavy atom. The summed E-state index contributed by atoms with van der Waals surface area (Å²) >= 11 is 0. The summed E-state index contributed by atoms with van der Waals surface area (Å²) in [5.74, 6) is -0.555. The lowest BCUT2D eigenvalue weighted by molar-refractivity contribution is -0.173. The smallest absolute Gasteiger partial charge is 0.338 e. The monoisotopic (exact) mass is 566 g/mol. The van der Waals surface area contributed by atoms with E-state index in [1.807, 2.05) is 91.0 Å². The van der Waals surface area contributed by atoms with E-state index >= 15 is 0 Å². The molecule has 1 heterocycles. The summed E-state index contributed by atoms with van der Waals surface area (Å²) in [6.07, 6.45) is -2.58. The fourth-order valence-electron chi connectivity index (χ4n) is 4.73. The predicted molar refractivity (Wildman–Crippen MR) is 150 cm³/mol. The molecule has 0 N–H and O–H groups in total. The first kappa shape index (κ1) is 30.8. The third kappa shape index (κ3) is 7.99. The van der Waals surface area contributed by atoms with Crippen molar-refractivity contribution in [2.75, 3.05) is 60.8 Å². The van der Waals surface area contributed by atoms with Crippen LogP contribution in [-0.2, 0) is 48.3 Å². The van der Waals surface area contributed by atoms with E-state index in [0.717, 1.165) is 16.7 Å². The maximum absolute atomic E-state index is 13.0.